The molecule has 1 rings (SSSR count). The van der Waals surface area contributed by atoms with E-state index in [0.717, 1.165) is 18.2 Å². The first-order chi connectivity index (χ1) is 9.75. The van der Waals surface area contributed by atoms with Crippen molar-refractivity contribution in [3.05, 3.63) is 41.0 Å². The van der Waals surface area contributed by atoms with Crippen molar-refractivity contribution in [1.29, 1.82) is 0 Å². The average molecular weight is 302 g/mol. The van der Waals surface area contributed by atoms with Gasteiger partial charge in [0.25, 0.3) is 0 Å². The molecule has 21 heavy (non-hydrogen) atoms. The van der Waals surface area contributed by atoms with E-state index < -0.39 is 23.7 Å². The van der Waals surface area contributed by atoms with Gasteiger partial charge in [-0.3, -0.25) is 4.79 Å². The Morgan fingerprint density at radius 3 is 2.52 bits per heavy atom. The lowest BCUT2D eigenvalue weighted by molar-refractivity contribution is -0.142. The molecule has 0 heterocycles. The van der Waals surface area contributed by atoms with Gasteiger partial charge in [0.1, 0.15) is 0 Å². The number of carbonyl (C=O) groups is 2. The molecule has 0 saturated heterocycles. The SMILES string of the molecule is CCOC(=O)CC=Cc1cc(C(F)(F)F)ccc1C(=O)O. The number of benzene rings is 1. The van der Waals surface area contributed by atoms with Gasteiger partial charge < -0.3 is 9.84 Å². The van der Waals surface area contributed by atoms with Gasteiger partial charge in [-0.05, 0) is 30.7 Å². The van der Waals surface area contributed by atoms with Crippen molar-refractivity contribution in [3.8, 4) is 0 Å². The Morgan fingerprint density at radius 1 is 1.33 bits per heavy atom. The topological polar surface area (TPSA) is 63.6 Å². The lowest BCUT2D eigenvalue weighted by atomic mass is 10.0. The van der Waals surface area contributed by atoms with Crippen LogP contribution in [-0.4, -0.2) is 23.7 Å². The molecule has 0 aliphatic rings. The Labute approximate surface area is 118 Å². The molecule has 1 aromatic rings. The number of carbonyl (C=O) groups excluding carboxylic acids is 1. The van der Waals surface area contributed by atoms with E-state index in [9.17, 15) is 22.8 Å². The van der Waals surface area contributed by atoms with E-state index in [-0.39, 0.29) is 24.2 Å². The number of carboxylic acids is 1. The third-order valence-electron chi connectivity index (χ3n) is 2.50. The Hall–Kier alpha value is -2.31. The molecule has 114 valence electrons. The number of hydrogen-bond donors (Lipinski definition) is 1. The molecule has 1 aromatic carbocycles. The molecule has 0 spiro atoms. The van der Waals surface area contributed by atoms with Crippen LogP contribution < -0.4 is 0 Å². The Morgan fingerprint density at radius 2 is 2.00 bits per heavy atom. The van der Waals surface area contributed by atoms with Gasteiger partial charge in [-0.15, -0.1) is 0 Å². The molecule has 0 aromatic heterocycles. The standard InChI is InChI=1S/C14H13F3O4/c1-2-21-12(18)5-3-4-9-8-10(14(15,16)17)6-7-11(9)13(19)20/h3-4,6-8H,2,5H2,1H3,(H,19,20). The van der Waals surface area contributed by atoms with Crippen LogP contribution in [0.2, 0.25) is 0 Å². The average Bonchev–Trinajstić information content (AvgIpc) is 2.37. The van der Waals surface area contributed by atoms with Crippen LogP contribution in [0.4, 0.5) is 13.2 Å². The Balaban J connectivity index is 3.04. The molecule has 0 aliphatic heterocycles. The van der Waals surface area contributed by atoms with Crippen LogP contribution in [0, 0.1) is 0 Å². The Kier molecular flexibility index (Phi) is 5.52. The molecule has 0 amide bonds. The Bertz CT molecular complexity index is 562. The van der Waals surface area contributed by atoms with Gasteiger partial charge in [0.15, 0.2) is 0 Å². The zero-order valence-electron chi connectivity index (χ0n) is 11.1. The molecule has 0 fully saturated rings. The fraction of sp³-hybridized carbons (Fsp3) is 0.286. The zero-order valence-corrected chi connectivity index (χ0v) is 11.1. The van der Waals surface area contributed by atoms with Crippen LogP contribution in [-0.2, 0) is 15.7 Å². The highest BCUT2D eigenvalue weighted by Gasteiger charge is 2.31. The van der Waals surface area contributed by atoms with Crippen LogP contribution in [0.15, 0.2) is 24.3 Å². The predicted molar refractivity (Wildman–Crippen MR) is 68.7 cm³/mol. The van der Waals surface area contributed by atoms with Crippen molar-refractivity contribution in [2.24, 2.45) is 0 Å². The smallest absolute Gasteiger partial charge is 0.416 e. The molecule has 0 saturated carbocycles. The molecule has 0 unspecified atom stereocenters. The second-order valence-electron chi connectivity index (χ2n) is 4.02. The lowest BCUT2D eigenvalue weighted by Crippen LogP contribution is -2.08. The maximum Gasteiger partial charge on any atom is 0.416 e. The second-order valence-corrected chi connectivity index (χ2v) is 4.02. The minimum absolute atomic E-state index is 0.123. The first kappa shape index (κ1) is 16.7. The molecule has 0 aliphatic carbocycles. The number of alkyl halides is 3. The van der Waals surface area contributed by atoms with Crippen LogP contribution in [0.3, 0.4) is 0 Å². The summed E-state index contributed by atoms with van der Waals surface area (Å²) in [5.41, 5.74) is -1.35. The lowest BCUT2D eigenvalue weighted by Gasteiger charge is -2.09. The maximum atomic E-state index is 12.6. The van der Waals surface area contributed by atoms with Gasteiger partial charge in [0.2, 0.25) is 0 Å². The fourth-order valence-corrected chi connectivity index (χ4v) is 1.57. The third-order valence-corrected chi connectivity index (χ3v) is 2.50. The van der Waals surface area contributed by atoms with Crippen LogP contribution in [0.5, 0.6) is 0 Å². The summed E-state index contributed by atoms with van der Waals surface area (Å²) in [5.74, 6) is -1.89. The van der Waals surface area contributed by atoms with Crippen LogP contribution in [0.1, 0.15) is 34.8 Å². The summed E-state index contributed by atoms with van der Waals surface area (Å²) in [5, 5.41) is 8.95. The number of hydrogen-bond acceptors (Lipinski definition) is 3. The summed E-state index contributed by atoms with van der Waals surface area (Å²) in [6.07, 6.45) is -2.29. The molecule has 1 N–H and O–H groups in total. The monoisotopic (exact) mass is 302 g/mol. The highest BCUT2D eigenvalue weighted by molar-refractivity contribution is 5.92. The van der Waals surface area contributed by atoms with E-state index >= 15 is 0 Å². The van der Waals surface area contributed by atoms with Gasteiger partial charge in [-0.2, -0.15) is 13.2 Å². The van der Waals surface area contributed by atoms with E-state index in [1.807, 2.05) is 0 Å². The summed E-state index contributed by atoms with van der Waals surface area (Å²) in [4.78, 5) is 22.1. The van der Waals surface area contributed by atoms with E-state index in [1.165, 1.54) is 6.08 Å². The fourth-order valence-electron chi connectivity index (χ4n) is 1.57. The summed E-state index contributed by atoms with van der Waals surface area (Å²) in [7, 11) is 0. The van der Waals surface area contributed by atoms with Crippen LogP contribution in [0.25, 0.3) is 6.08 Å². The molecule has 0 bridgehead atoms. The predicted octanol–water partition coefficient (Wildman–Crippen LogP) is 3.37. The minimum atomic E-state index is -4.57. The first-order valence-electron chi connectivity index (χ1n) is 6.02. The molecular formula is C14H13F3O4. The number of aromatic carboxylic acids is 1. The van der Waals surface area contributed by atoms with Crippen molar-refractivity contribution >= 4 is 18.0 Å². The van der Waals surface area contributed by atoms with Crippen molar-refractivity contribution in [1.82, 2.24) is 0 Å². The van der Waals surface area contributed by atoms with E-state index in [0.29, 0.717) is 6.07 Å². The van der Waals surface area contributed by atoms with Crippen molar-refractivity contribution in [2.75, 3.05) is 6.61 Å². The number of carboxylic acid groups (broad SMARTS) is 1. The van der Waals surface area contributed by atoms with Crippen molar-refractivity contribution in [3.63, 3.8) is 0 Å². The molecule has 4 nitrogen and oxygen atoms in total. The molecule has 0 atom stereocenters. The summed E-state index contributed by atoms with van der Waals surface area (Å²) < 4.78 is 42.5. The summed E-state index contributed by atoms with van der Waals surface area (Å²) in [6.45, 7) is 1.81. The van der Waals surface area contributed by atoms with Gasteiger partial charge in [0, 0.05) is 0 Å². The quantitative estimate of drug-likeness (QED) is 0.847. The minimum Gasteiger partial charge on any atom is -0.478 e. The number of rotatable bonds is 5. The van der Waals surface area contributed by atoms with Gasteiger partial charge in [-0.25, -0.2) is 4.79 Å². The number of esters is 1. The van der Waals surface area contributed by atoms with Gasteiger partial charge in [0.05, 0.1) is 24.2 Å². The number of halogens is 3. The van der Waals surface area contributed by atoms with Gasteiger partial charge in [-0.1, -0.05) is 12.2 Å². The van der Waals surface area contributed by atoms with Crippen molar-refractivity contribution < 1.29 is 32.6 Å². The second kappa shape index (κ2) is 6.92. The molecule has 7 heteroatoms. The normalized spacial score (nSPS) is 11.6. The van der Waals surface area contributed by atoms with E-state index in [1.54, 1.807) is 6.92 Å². The van der Waals surface area contributed by atoms with E-state index in [4.69, 9.17) is 5.11 Å². The highest BCUT2D eigenvalue weighted by atomic mass is 19.4. The summed E-state index contributed by atoms with van der Waals surface area (Å²) >= 11 is 0. The summed E-state index contributed by atoms with van der Waals surface area (Å²) in [6, 6.07) is 2.31. The number of ether oxygens (including phenoxy) is 1. The van der Waals surface area contributed by atoms with Crippen LogP contribution >= 0.6 is 0 Å². The first-order valence-corrected chi connectivity index (χ1v) is 6.02. The molecular weight excluding hydrogens is 289 g/mol. The zero-order chi connectivity index (χ0) is 16.0. The van der Waals surface area contributed by atoms with Gasteiger partial charge >= 0.3 is 18.1 Å². The maximum absolute atomic E-state index is 12.6. The largest absolute Gasteiger partial charge is 0.478 e. The highest BCUT2D eigenvalue weighted by Crippen LogP contribution is 2.31. The molecule has 0 radical (unpaired) electrons. The van der Waals surface area contributed by atoms with E-state index in [2.05, 4.69) is 4.74 Å². The third kappa shape index (κ3) is 4.94. The van der Waals surface area contributed by atoms with Crippen molar-refractivity contribution in [2.45, 2.75) is 19.5 Å².